The average Bonchev–Trinajstić information content (AvgIpc) is 1.47. The number of aromatic nitrogens is 4. The Balaban J connectivity index is 0.561. The molecule has 0 N–H and O–H groups in total. The van der Waals surface area contributed by atoms with Gasteiger partial charge in [-0.2, -0.15) is 0 Å². The van der Waals surface area contributed by atoms with Crippen molar-refractivity contribution in [3.05, 3.63) is 513 Å². The predicted octanol–water partition coefficient (Wildman–Crippen LogP) is 28.3. The lowest BCUT2D eigenvalue weighted by molar-refractivity contribution is 0.514. The Labute approximate surface area is 723 Å². The van der Waals surface area contributed by atoms with Gasteiger partial charge in [-0.25, -0.2) is 4.98 Å². The van der Waals surface area contributed by atoms with E-state index in [0.717, 1.165) is 84.6 Å². The van der Waals surface area contributed by atoms with E-state index in [1.807, 2.05) is 42.9 Å². The zero-order chi connectivity index (χ0) is 82.6. The summed E-state index contributed by atoms with van der Waals surface area (Å²) in [7, 11) is 0. The highest BCUT2D eigenvalue weighted by atomic mass is 14.8. The molecule has 6 aliphatic rings. The molecular formula is C120H84N4. The molecule has 4 heteroatoms. The highest BCUT2D eigenvalue weighted by Gasteiger charge is 2.58. The monoisotopic (exact) mass is 1580 g/mol. The summed E-state index contributed by atoms with van der Waals surface area (Å²) < 4.78 is 0. The molecule has 0 saturated carbocycles. The van der Waals surface area contributed by atoms with Gasteiger partial charge in [0.15, 0.2) is 0 Å². The smallest absolute Gasteiger partial charge is 0.0894 e. The second-order valence-electron chi connectivity index (χ2n) is 36.3. The first-order chi connectivity index (χ1) is 60.8. The maximum atomic E-state index is 5.26. The molecule has 0 fully saturated rings. The highest BCUT2D eigenvalue weighted by molar-refractivity contribution is 5.95. The molecule has 0 aliphatic heterocycles. The molecule has 0 radical (unpaired) electrons. The van der Waals surface area contributed by atoms with E-state index in [2.05, 4.69) is 399 Å². The normalized spacial score (nSPS) is 16.9. The average molecular weight is 1580 g/mol. The summed E-state index contributed by atoms with van der Waals surface area (Å²) in [5, 5.41) is 0. The minimum Gasteiger partial charge on any atom is -0.255 e. The van der Waals surface area contributed by atoms with Crippen LogP contribution in [0.4, 0.5) is 0 Å². The fourth-order valence-electron chi connectivity index (χ4n) is 24.0. The van der Waals surface area contributed by atoms with Crippen molar-refractivity contribution in [1.82, 2.24) is 19.9 Å². The lowest BCUT2D eigenvalue weighted by Crippen LogP contribution is -2.43. The molecule has 3 spiro atoms. The fraction of sp³-hybridized carbons (Fsp3) is 0.100. The molecule has 0 bridgehead atoms. The topological polar surface area (TPSA) is 51.6 Å². The van der Waals surface area contributed by atoms with E-state index in [4.69, 9.17) is 19.9 Å². The minimum atomic E-state index is -0.643. The minimum absolute atomic E-state index is 0.204. The Morgan fingerprint density at radius 2 is 0.556 bits per heavy atom. The van der Waals surface area contributed by atoms with Crippen molar-refractivity contribution < 1.29 is 0 Å². The molecule has 16 aromatic carbocycles. The van der Waals surface area contributed by atoms with Crippen LogP contribution in [-0.4, -0.2) is 19.9 Å². The van der Waals surface area contributed by atoms with Crippen LogP contribution in [0.25, 0.3) is 123 Å². The number of pyridine rings is 2. The molecule has 3 heterocycles. The van der Waals surface area contributed by atoms with Gasteiger partial charge in [-0.05, 0) is 250 Å². The first kappa shape index (κ1) is 72.0. The van der Waals surface area contributed by atoms with Crippen molar-refractivity contribution in [3.63, 3.8) is 0 Å². The van der Waals surface area contributed by atoms with Crippen molar-refractivity contribution in [2.75, 3.05) is 0 Å². The zero-order valence-corrected chi connectivity index (χ0v) is 69.7. The first-order valence-corrected chi connectivity index (χ1v) is 43.7. The summed E-state index contributed by atoms with van der Waals surface area (Å²) in [6.07, 6.45) is 6.64. The van der Waals surface area contributed by atoms with Gasteiger partial charge in [-0.3, -0.25) is 15.0 Å². The van der Waals surface area contributed by atoms with E-state index in [9.17, 15) is 0 Å². The van der Waals surface area contributed by atoms with Crippen LogP contribution >= 0.6 is 0 Å². The van der Waals surface area contributed by atoms with Crippen LogP contribution in [0.15, 0.2) is 407 Å². The lowest BCUT2D eigenvalue weighted by Gasteiger charge is -2.48. The van der Waals surface area contributed by atoms with E-state index in [-0.39, 0.29) is 10.8 Å². The third kappa shape index (κ3) is 9.91. The Morgan fingerprint density at radius 3 is 1.10 bits per heavy atom. The number of para-hydroxylation sites is 2. The highest BCUT2D eigenvalue weighted by Crippen LogP contribution is 2.67. The second kappa shape index (κ2) is 26.6. The van der Waals surface area contributed by atoms with Gasteiger partial charge < -0.3 is 0 Å². The van der Waals surface area contributed by atoms with E-state index < -0.39 is 21.7 Å². The van der Waals surface area contributed by atoms with Crippen LogP contribution < -0.4 is 0 Å². The van der Waals surface area contributed by atoms with Gasteiger partial charge >= 0.3 is 0 Å². The Kier molecular flexibility index (Phi) is 15.4. The molecule has 2 atom stereocenters. The van der Waals surface area contributed by atoms with Crippen molar-refractivity contribution >= 4 is 11.0 Å². The summed E-state index contributed by atoms with van der Waals surface area (Å²) in [5.74, 6) is 0. The summed E-state index contributed by atoms with van der Waals surface area (Å²) in [5.41, 5.74) is 47.1. The summed E-state index contributed by atoms with van der Waals surface area (Å²) in [6.45, 7) is 12.2. The number of fused-ring (bicyclic) bond motifs is 28. The van der Waals surface area contributed by atoms with Crippen molar-refractivity contribution in [2.45, 2.75) is 73.5 Å². The fourth-order valence-corrected chi connectivity index (χ4v) is 24.0. The molecule has 6 aliphatic carbocycles. The van der Waals surface area contributed by atoms with Gasteiger partial charge in [0, 0.05) is 39.8 Å². The second-order valence-corrected chi connectivity index (χ2v) is 36.3. The SMILES string of the molecule is CC1(C)c2ccccc2C2(c3ccccc3-c3ccccc32)c2cc(-c3ccc(-c4ccnc(-c5ccc(-c6ccccc6-c6ccc7c(c6)C6(c8ccccc8-c8cc(CC9(C)c%10ccccc%10C%10(c%11ccccc%11-c%11ccccc%11%10)c%10cc(-c%11cccc(-c%12cnc%13ccccc%13n%12)c%11)ccc%109)ccc86)c6ccccc6C7(C)C)cn5)c4)cc3)ccc21. The van der Waals surface area contributed by atoms with E-state index >= 15 is 0 Å². The van der Waals surface area contributed by atoms with E-state index in [1.54, 1.807) is 0 Å². The van der Waals surface area contributed by atoms with Crippen LogP contribution in [0.3, 0.4) is 0 Å². The molecule has 19 aromatic rings. The molecule has 2 unspecified atom stereocenters. The molecule has 3 aromatic heterocycles. The number of benzene rings is 16. The van der Waals surface area contributed by atoms with Crippen molar-refractivity contribution in [2.24, 2.45) is 0 Å². The largest absolute Gasteiger partial charge is 0.255 e. The lowest BCUT2D eigenvalue weighted by atomic mass is 9.53. The standard InChI is InChI=1S/C120H84N4/c1-115(2)98-41-18-21-44-104(98)118(92-36-13-8-31-86(92)87-32-9-14-37-93(87)118)107-67-78(54-59-100(107)115)75-50-52-76(53-51-75)80-63-64-121-113(70-80)111-62-57-83(72-122-111)85-30-7-6-29-84(85)81-56-60-101-108(69-81)120(105-45-22-19-42-99(105)116(101,3)4)96-40-17-12-35-90(96)91-65-74(49-58-97(91)120)71-117(5)102-43-20-23-46-106(102)119(94-38-15-10-33-88(94)89-34-11-16-39-95(89)119)109-68-79(55-61-103(109)117)77-27-26-28-82(66-77)114-73-123-110-47-24-25-48-112(110)124-114/h6-70,72-73H,71H2,1-5H3. The quantitative estimate of drug-likeness (QED) is 0.145. The molecule has 584 valence electrons. The Bertz CT molecular complexity index is 7660. The van der Waals surface area contributed by atoms with Crippen molar-refractivity contribution in [3.8, 4) is 112 Å². The summed E-state index contributed by atoms with van der Waals surface area (Å²) in [6, 6.07) is 147. The van der Waals surface area contributed by atoms with Crippen LogP contribution in [-0.2, 0) is 38.9 Å². The number of hydrogen-bond donors (Lipinski definition) is 0. The number of nitrogens with zero attached hydrogens (tertiary/aromatic N) is 4. The molecular weight excluding hydrogens is 1500 g/mol. The first-order valence-electron chi connectivity index (χ1n) is 43.7. The molecule has 25 rings (SSSR count). The zero-order valence-electron chi connectivity index (χ0n) is 69.7. The summed E-state index contributed by atoms with van der Waals surface area (Å²) >= 11 is 0. The van der Waals surface area contributed by atoms with Gasteiger partial charge in [-0.15, -0.1) is 0 Å². The Hall–Kier alpha value is -14.8. The van der Waals surface area contributed by atoms with Gasteiger partial charge in [0.2, 0.25) is 0 Å². The van der Waals surface area contributed by atoms with Crippen LogP contribution in [0.2, 0.25) is 0 Å². The molecule has 0 saturated heterocycles. The van der Waals surface area contributed by atoms with Gasteiger partial charge in [0.05, 0.1) is 50.6 Å². The van der Waals surface area contributed by atoms with E-state index in [0.29, 0.717) is 0 Å². The Morgan fingerprint density at radius 1 is 0.194 bits per heavy atom. The van der Waals surface area contributed by atoms with E-state index in [1.165, 1.54) is 150 Å². The number of rotatable bonds is 9. The maximum Gasteiger partial charge on any atom is 0.0894 e. The van der Waals surface area contributed by atoms with Gasteiger partial charge in [-0.1, -0.05) is 368 Å². The molecule has 4 nitrogen and oxygen atoms in total. The third-order valence-electron chi connectivity index (χ3n) is 29.5. The number of hydrogen-bond acceptors (Lipinski definition) is 4. The van der Waals surface area contributed by atoms with Crippen molar-refractivity contribution in [1.29, 1.82) is 0 Å². The molecule has 0 amide bonds. The van der Waals surface area contributed by atoms with Crippen LogP contribution in [0, 0.1) is 0 Å². The maximum absolute atomic E-state index is 5.26. The third-order valence-corrected chi connectivity index (χ3v) is 29.5. The van der Waals surface area contributed by atoms with Crippen LogP contribution in [0.1, 0.15) is 140 Å². The summed E-state index contributed by atoms with van der Waals surface area (Å²) in [4.78, 5) is 20.2. The van der Waals surface area contributed by atoms with Gasteiger partial charge in [0.25, 0.3) is 0 Å². The predicted molar refractivity (Wildman–Crippen MR) is 506 cm³/mol. The molecule has 124 heavy (non-hydrogen) atoms. The van der Waals surface area contributed by atoms with Crippen LogP contribution in [0.5, 0.6) is 0 Å². The van der Waals surface area contributed by atoms with Gasteiger partial charge in [0.1, 0.15) is 0 Å².